The van der Waals surface area contributed by atoms with Crippen LogP contribution in [0.25, 0.3) is 33.0 Å². The first-order valence-electron chi connectivity index (χ1n) is 10.5. The number of rotatable bonds is 6. The first-order chi connectivity index (χ1) is 15.2. The molecule has 7 nitrogen and oxygen atoms in total. The van der Waals surface area contributed by atoms with E-state index >= 15 is 0 Å². The molecular weight excluding hydrogens is 424 g/mol. The number of aromatic nitrogens is 3. The fourth-order valence-corrected chi connectivity index (χ4v) is 4.79. The molecule has 1 N–H and O–H groups in total. The molecule has 0 aliphatic heterocycles. The number of hydrogen-bond donors (Lipinski definition) is 1. The second-order valence-corrected chi connectivity index (χ2v) is 10.0. The standard InChI is InChI=1S/C24H26N4O3S/c1-5-25-23-10-8-18(32(30,31)6-2)12-21(23)22-15-27(3)24(29)19-9-7-16(11-20(19)22)17-13-26-28(4)14-17/h7-15,25H,5-6H2,1-4H3. The number of fused-ring (bicyclic) bond motifs is 1. The maximum absolute atomic E-state index is 12.9. The summed E-state index contributed by atoms with van der Waals surface area (Å²) in [6.07, 6.45) is 5.47. The van der Waals surface area contributed by atoms with Crippen LogP contribution in [0.15, 0.2) is 64.7 Å². The molecule has 0 fully saturated rings. The summed E-state index contributed by atoms with van der Waals surface area (Å²) in [5.41, 5.74) is 4.11. The van der Waals surface area contributed by atoms with Crippen molar-refractivity contribution in [1.82, 2.24) is 14.3 Å². The first-order valence-corrected chi connectivity index (χ1v) is 12.1. The van der Waals surface area contributed by atoms with Crippen molar-refractivity contribution in [3.05, 3.63) is 65.3 Å². The van der Waals surface area contributed by atoms with Crippen LogP contribution in [0.1, 0.15) is 13.8 Å². The Hall–Kier alpha value is -3.39. The van der Waals surface area contributed by atoms with Gasteiger partial charge in [0.15, 0.2) is 9.84 Å². The molecule has 4 rings (SSSR count). The van der Waals surface area contributed by atoms with Gasteiger partial charge in [-0.25, -0.2) is 8.42 Å². The van der Waals surface area contributed by atoms with Gasteiger partial charge in [0.05, 0.1) is 16.8 Å². The minimum Gasteiger partial charge on any atom is -0.385 e. The van der Waals surface area contributed by atoms with Gasteiger partial charge in [0.25, 0.3) is 5.56 Å². The molecule has 2 heterocycles. The van der Waals surface area contributed by atoms with Gasteiger partial charge in [-0.15, -0.1) is 0 Å². The van der Waals surface area contributed by atoms with E-state index in [0.717, 1.165) is 33.3 Å². The van der Waals surface area contributed by atoms with E-state index in [1.165, 1.54) is 4.57 Å². The number of benzene rings is 2. The summed E-state index contributed by atoms with van der Waals surface area (Å²) in [6.45, 7) is 4.30. The van der Waals surface area contributed by atoms with Crippen molar-refractivity contribution in [2.24, 2.45) is 14.1 Å². The van der Waals surface area contributed by atoms with Crippen molar-refractivity contribution in [3.63, 3.8) is 0 Å². The third kappa shape index (κ3) is 3.82. The topological polar surface area (TPSA) is 86.0 Å². The van der Waals surface area contributed by atoms with E-state index < -0.39 is 9.84 Å². The van der Waals surface area contributed by atoms with Crippen LogP contribution in [0.3, 0.4) is 0 Å². The maximum atomic E-state index is 12.9. The summed E-state index contributed by atoms with van der Waals surface area (Å²) >= 11 is 0. The van der Waals surface area contributed by atoms with Gasteiger partial charge in [0.1, 0.15) is 0 Å². The summed E-state index contributed by atoms with van der Waals surface area (Å²) in [5.74, 6) is 0.0200. The van der Waals surface area contributed by atoms with E-state index in [0.29, 0.717) is 11.9 Å². The zero-order valence-corrected chi connectivity index (χ0v) is 19.4. The van der Waals surface area contributed by atoms with Crippen molar-refractivity contribution >= 4 is 26.3 Å². The van der Waals surface area contributed by atoms with E-state index in [1.807, 2.05) is 38.4 Å². The van der Waals surface area contributed by atoms with E-state index in [-0.39, 0.29) is 16.2 Å². The molecule has 0 amide bonds. The molecule has 0 spiro atoms. The molecule has 0 aliphatic rings. The van der Waals surface area contributed by atoms with E-state index in [4.69, 9.17) is 0 Å². The Kier molecular flexibility index (Phi) is 5.64. The van der Waals surface area contributed by atoms with Crippen LogP contribution in [0, 0.1) is 0 Å². The number of anilines is 1. The maximum Gasteiger partial charge on any atom is 0.258 e. The Balaban J connectivity index is 2.06. The molecule has 166 valence electrons. The molecule has 0 saturated carbocycles. The number of sulfone groups is 1. The number of nitrogens with zero attached hydrogens (tertiary/aromatic N) is 3. The van der Waals surface area contributed by atoms with Gasteiger partial charge in [0.2, 0.25) is 0 Å². The molecule has 0 radical (unpaired) electrons. The Labute approximate surface area is 187 Å². The molecule has 0 bridgehead atoms. The molecule has 4 aromatic rings. The summed E-state index contributed by atoms with van der Waals surface area (Å²) in [4.78, 5) is 13.1. The lowest BCUT2D eigenvalue weighted by Gasteiger charge is -2.16. The Morgan fingerprint density at radius 2 is 1.72 bits per heavy atom. The average molecular weight is 451 g/mol. The van der Waals surface area contributed by atoms with Crippen molar-refractivity contribution < 1.29 is 8.42 Å². The Morgan fingerprint density at radius 3 is 2.38 bits per heavy atom. The molecular formula is C24H26N4O3S. The van der Waals surface area contributed by atoms with Gasteiger partial charge in [-0.05, 0) is 48.2 Å². The zero-order chi connectivity index (χ0) is 23.0. The van der Waals surface area contributed by atoms with Crippen LogP contribution in [0.2, 0.25) is 0 Å². The van der Waals surface area contributed by atoms with Crippen molar-refractivity contribution in [2.75, 3.05) is 17.6 Å². The van der Waals surface area contributed by atoms with E-state index in [1.54, 1.807) is 49.2 Å². The Morgan fingerprint density at radius 1 is 0.938 bits per heavy atom. The first kappa shape index (κ1) is 21.8. The fourth-order valence-electron chi connectivity index (χ4n) is 3.88. The number of pyridine rings is 1. The smallest absolute Gasteiger partial charge is 0.258 e. The highest BCUT2D eigenvalue weighted by Gasteiger charge is 2.18. The molecule has 32 heavy (non-hydrogen) atoms. The van der Waals surface area contributed by atoms with Crippen molar-refractivity contribution in [2.45, 2.75) is 18.7 Å². The van der Waals surface area contributed by atoms with Crippen LogP contribution < -0.4 is 10.9 Å². The molecule has 0 aliphatic carbocycles. The highest BCUT2D eigenvalue weighted by molar-refractivity contribution is 7.91. The molecule has 0 saturated heterocycles. The SMILES string of the molecule is CCNc1ccc(S(=O)(=O)CC)cc1-c1cn(C)c(=O)c2ccc(-c3cnn(C)c3)cc12. The van der Waals surface area contributed by atoms with Gasteiger partial charge in [-0.3, -0.25) is 9.48 Å². The monoisotopic (exact) mass is 450 g/mol. The average Bonchev–Trinajstić information content (AvgIpc) is 3.22. The molecule has 8 heteroatoms. The lowest BCUT2D eigenvalue weighted by atomic mass is 9.96. The summed E-state index contributed by atoms with van der Waals surface area (Å²) in [6, 6.07) is 10.8. The molecule has 0 unspecified atom stereocenters. The van der Waals surface area contributed by atoms with Crippen molar-refractivity contribution in [3.8, 4) is 22.3 Å². The van der Waals surface area contributed by atoms with Gasteiger partial charge < -0.3 is 9.88 Å². The predicted octanol–water partition coefficient (Wildman–Crippen LogP) is 3.83. The van der Waals surface area contributed by atoms with Gasteiger partial charge in [-0.2, -0.15) is 5.10 Å². The summed E-state index contributed by atoms with van der Waals surface area (Å²) in [7, 11) is 0.176. The van der Waals surface area contributed by atoms with Crippen LogP contribution in [-0.2, 0) is 23.9 Å². The lowest BCUT2D eigenvalue weighted by molar-refractivity contribution is 0.597. The molecule has 2 aromatic heterocycles. The normalized spacial score (nSPS) is 11.8. The third-order valence-electron chi connectivity index (χ3n) is 5.61. The van der Waals surface area contributed by atoms with E-state index in [2.05, 4.69) is 10.4 Å². The van der Waals surface area contributed by atoms with E-state index in [9.17, 15) is 13.2 Å². The quantitative estimate of drug-likeness (QED) is 0.483. The Bertz CT molecular complexity index is 1480. The number of nitrogens with one attached hydrogen (secondary N) is 1. The number of aryl methyl sites for hydroxylation is 2. The van der Waals surface area contributed by atoms with Crippen LogP contribution >= 0.6 is 0 Å². The molecule has 2 aromatic carbocycles. The second kappa shape index (κ2) is 8.27. The number of hydrogen-bond acceptors (Lipinski definition) is 5. The van der Waals surface area contributed by atoms with Gasteiger partial charge >= 0.3 is 0 Å². The van der Waals surface area contributed by atoms with Crippen LogP contribution in [-0.4, -0.2) is 35.1 Å². The van der Waals surface area contributed by atoms with Gasteiger partial charge in [0, 0.05) is 60.8 Å². The minimum atomic E-state index is -3.39. The van der Waals surface area contributed by atoms with Crippen LogP contribution in [0.5, 0.6) is 0 Å². The fraction of sp³-hybridized carbons (Fsp3) is 0.250. The van der Waals surface area contributed by atoms with Crippen LogP contribution in [0.4, 0.5) is 5.69 Å². The second-order valence-electron chi connectivity index (χ2n) is 7.76. The summed E-state index contributed by atoms with van der Waals surface area (Å²) < 4.78 is 28.5. The minimum absolute atomic E-state index is 0.0200. The summed E-state index contributed by atoms with van der Waals surface area (Å²) in [5, 5.41) is 8.91. The highest BCUT2D eigenvalue weighted by Crippen LogP contribution is 2.36. The highest BCUT2D eigenvalue weighted by atomic mass is 32.2. The van der Waals surface area contributed by atoms with Gasteiger partial charge in [-0.1, -0.05) is 13.0 Å². The zero-order valence-electron chi connectivity index (χ0n) is 18.6. The third-order valence-corrected chi connectivity index (χ3v) is 7.34. The van der Waals surface area contributed by atoms with Crippen molar-refractivity contribution in [1.29, 1.82) is 0 Å². The molecule has 0 atom stereocenters. The predicted molar refractivity (Wildman–Crippen MR) is 129 cm³/mol. The lowest BCUT2D eigenvalue weighted by Crippen LogP contribution is -2.17. The largest absolute Gasteiger partial charge is 0.385 e.